The molecular formula is C21H21N3O5. The van der Waals surface area contributed by atoms with Crippen molar-refractivity contribution >= 4 is 23.5 Å². The minimum absolute atomic E-state index is 0.388. The molecule has 0 spiro atoms. The molecule has 0 bridgehead atoms. The molecule has 1 saturated heterocycles. The highest BCUT2D eigenvalue weighted by molar-refractivity contribution is 6.10. The molecule has 150 valence electrons. The number of aryl methyl sites for hydroxylation is 1. The zero-order valence-electron chi connectivity index (χ0n) is 16.2. The monoisotopic (exact) mass is 395 g/mol. The van der Waals surface area contributed by atoms with E-state index in [1.807, 2.05) is 19.1 Å². The Labute approximate surface area is 167 Å². The number of carbonyl (C=O) groups excluding carboxylic acids is 3. The molecule has 2 aliphatic rings. The summed E-state index contributed by atoms with van der Waals surface area (Å²) in [5.41, 5.74) is 0.996. The van der Waals surface area contributed by atoms with Crippen LogP contribution in [0.25, 0.3) is 0 Å². The fraction of sp³-hybridized carbons (Fsp3) is 0.286. The van der Waals surface area contributed by atoms with E-state index in [0.29, 0.717) is 36.0 Å². The molecular weight excluding hydrogens is 374 g/mol. The van der Waals surface area contributed by atoms with Crippen molar-refractivity contribution < 1.29 is 23.9 Å². The average Bonchev–Trinajstić information content (AvgIpc) is 2.92. The van der Waals surface area contributed by atoms with Crippen LogP contribution in [0.2, 0.25) is 0 Å². The van der Waals surface area contributed by atoms with Gasteiger partial charge in [0.1, 0.15) is 25.3 Å². The van der Waals surface area contributed by atoms with Gasteiger partial charge in [0, 0.05) is 11.8 Å². The van der Waals surface area contributed by atoms with Crippen molar-refractivity contribution in [3.63, 3.8) is 0 Å². The van der Waals surface area contributed by atoms with Crippen LogP contribution in [0, 0.1) is 6.92 Å². The highest BCUT2D eigenvalue weighted by Gasteiger charge is 2.49. The number of fused-ring (bicyclic) bond motifs is 1. The fourth-order valence-corrected chi connectivity index (χ4v) is 3.39. The van der Waals surface area contributed by atoms with Gasteiger partial charge in [-0.3, -0.25) is 14.5 Å². The smallest absolute Gasteiger partial charge is 0.325 e. The summed E-state index contributed by atoms with van der Waals surface area (Å²) in [6, 6.07) is 11.8. The standard InChI is InChI=1S/C21H21N3O5/c1-13-3-5-14(6-4-13)21(2)19(26)24(20(27)23-21)12-18(25)22-15-7-8-16-17(11-15)29-10-9-28-16/h3-8,11H,9-10,12H2,1-2H3,(H,22,25)(H,23,27)/t21-/m1/s1. The second-order valence-electron chi connectivity index (χ2n) is 7.22. The lowest BCUT2D eigenvalue weighted by molar-refractivity contribution is -0.133. The van der Waals surface area contributed by atoms with Gasteiger partial charge in [-0.25, -0.2) is 4.79 Å². The van der Waals surface area contributed by atoms with Crippen LogP contribution in [-0.2, 0) is 15.1 Å². The Kier molecular flexibility index (Phi) is 4.62. The summed E-state index contributed by atoms with van der Waals surface area (Å²) in [5, 5.41) is 5.38. The van der Waals surface area contributed by atoms with Gasteiger partial charge in [0.2, 0.25) is 5.91 Å². The topological polar surface area (TPSA) is 97.0 Å². The number of amides is 4. The number of benzene rings is 2. The Bertz CT molecular complexity index is 988. The lowest BCUT2D eigenvalue weighted by Gasteiger charge is -2.22. The molecule has 0 aliphatic carbocycles. The van der Waals surface area contributed by atoms with Gasteiger partial charge in [-0.15, -0.1) is 0 Å². The Hall–Kier alpha value is -3.55. The molecule has 4 rings (SSSR count). The van der Waals surface area contributed by atoms with E-state index in [1.54, 1.807) is 37.3 Å². The van der Waals surface area contributed by atoms with Crippen molar-refractivity contribution in [2.45, 2.75) is 19.4 Å². The third-order valence-electron chi connectivity index (χ3n) is 5.03. The van der Waals surface area contributed by atoms with Gasteiger partial charge in [0.15, 0.2) is 11.5 Å². The number of imide groups is 1. The first-order chi connectivity index (χ1) is 13.9. The van der Waals surface area contributed by atoms with Crippen molar-refractivity contribution in [2.75, 3.05) is 25.1 Å². The van der Waals surface area contributed by atoms with Crippen LogP contribution in [0.5, 0.6) is 11.5 Å². The zero-order chi connectivity index (χ0) is 20.6. The minimum atomic E-state index is -1.21. The lowest BCUT2D eigenvalue weighted by Crippen LogP contribution is -2.42. The van der Waals surface area contributed by atoms with Crippen LogP contribution in [0.3, 0.4) is 0 Å². The molecule has 29 heavy (non-hydrogen) atoms. The van der Waals surface area contributed by atoms with E-state index in [1.165, 1.54) is 0 Å². The van der Waals surface area contributed by atoms with Gasteiger partial charge >= 0.3 is 6.03 Å². The summed E-state index contributed by atoms with van der Waals surface area (Å²) in [5.74, 6) is 0.190. The average molecular weight is 395 g/mol. The Morgan fingerprint density at radius 1 is 1.10 bits per heavy atom. The second kappa shape index (κ2) is 7.12. The quantitative estimate of drug-likeness (QED) is 0.774. The maximum absolute atomic E-state index is 12.9. The van der Waals surface area contributed by atoms with Gasteiger partial charge in [-0.2, -0.15) is 0 Å². The number of hydrogen-bond donors (Lipinski definition) is 2. The number of anilines is 1. The first-order valence-corrected chi connectivity index (χ1v) is 9.27. The molecule has 1 fully saturated rings. The largest absolute Gasteiger partial charge is 0.486 e. The molecule has 0 saturated carbocycles. The van der Waals surface area contributed by atoms with Crippen LogP contribution >= 0.6 is 0 Å². The van der Waals surface area contributed by atoms with Crippen molar-refractivity contribution in [2.24, 2.45) is 0 Å². The number of urea groups is 1. The number of nitrogens with one attached hydrogen (secondary N) is 2. The number of rotatable bonds is 4. The van der Waals surface area contributed by atoms with Gasteiger partial charge in [-0.1, -0.05) is 29.8 Å². The van der Waals surface area contributed by atoms with Crippen LogP contribution in [0.1, 0.15) is 18.1 Å². The van der Waals surface area contributed by atoms with Gasteiger partial charge in [0.05, 0.1) is 0 Å². The SMILES string of the molecule is Cc1ccc([C@@]2(C)NC(=O)N(CC(=O)Nc3ccc4c(c3)OCCO4)C2=O)cc1. The molecule has 2 aromatic rings. The predicted octanol–water partition coefficient (Wildman–Crippen LogP) is 2.17. The van der Waals surface area contributed by atoms with E-state index in [-0.39, 0.29) is 6.54 Å². The molecule has 2 heterocycles. The van der Waals surface area contributed by atoms with Crippen LogP contribution < -0.4 is 20.1 Å². The number of hydrogen-bond acceptors (Lipinski definition) is 5. The van der Waals surface area contributed by atoms with Crippen molar-refractivity contribution in [1.82, 2.24) is 10.2 Å². The summed E-state index contributed by atoms with van der Waals surface area (Å²) in [6.45, 7) is 4.10. The van der Waals surface area contributed by atoms with E-state index < -0.39 is 23.4 Å². The molecule has 0 unspecified atom stereocenters. The third-order valence-corrected chi connectivity index (χ3v) is 5.03. The van der Waals surface area contributed by atoms with E-state index in [4.69, 9.17) is 9.47 Å². The molecule has 8 nitrogen and oxygen atoms in total. The second-order valence-corrected chi connectivity index (χ2v) is 7.22. The maximum Gasteiger partial charge on any atom is 0.325 e. The first-order valence-electron chi connectivity index (χ1n) is 9.27. The summed E-state index contributed by atoms with van der Waals surface area (Å²) in [6.07, 6.45) is 0. The van der Waals surface area contributed by atoms with Crippen LogP contribution in [0.15, 0.2) is 42.5 Å². The highest BCUT2D eigenvalue weighted by atomic mass is 16.6. The fourth-order valence-electron chi connectivity index (χ4n) is 3.39. The number of carbonyl (C=O) groups is 3. The van der Waals surface area contributed by atoms with E-state index in [9.17, 15) is 14.4 Å². The minimum Gasteiger partial charge on any atom is -0.486 e. The lowest BCUT2D eigenvalue weighted by atomic mass is 9.91. The summed E-state index contributed by atoms with van der Waals surface area (Å²) in [7, 11) is 0. The van der Waals surface area contributed by atoms with Crippen LogP contribution in [0.4, 0.5) is 10.5 Å². The van der Waals surface area contributed by atoms with E-state index in [2.05, 4.69) is 10.6 Å². The molecule has 0 aromatic heterocycles. The van der Waals surface area contributed by atoms with E-state index >= 15 is 0 Å². The van der Waals surface area contributed by atoms with Crippen molar-refractivity contribution in [3.8, 4) is 11.5 Å². The molecule has 4 amide bonds. The molecule has 0 radical (unpaired) electrons. The zero-order valence-corrected chi connectivity index (χ0v) is 16.2. The normalized spacial score (nSPS) is 20.4. The highest BCUT2D eigenvalue weighted by Crippen LogP contribution is 2.33. The van der Waals surface area contributed by atoms with Gasteiger partial charge in [0.25, 0.3) is 5.91 Å². The van der Waals surface area contributed by atoms with E-state index in [0.717, 1.165) is 10.5 Å². The van der Waals surface area contributed by atoms with Gasteiger partial charge < -0.3 is 20.1 Å². The molecule has 2 aromatic carbocycles. The Morgan fingerprint density at radius 2 is 1.79 bits per heavy atom. The predicted molar refractivity (Wildman–Crippen MR) is 105 cm³/mol. The first kappa shape index (κ1) is 18.8. The molecule has 1 atom stereocenters. The molecule has 2 aliphatic heterocycles. The third kappa shape index (κ3) is 3.49. The van der Waals surface area contributed by atoms with Gasteiger partial charge in [-0.05, 0) is 31.5 Å². The molecule has 8 heteroatoms. The summed E-state index contributed by atoms with van der Waals surface area (Å²) < 4.78 is 10.9. The van der Waals surface area contributed by atoms with Crippen LogP contribution in [-0.4, -0.2) is 42.5 Å². The number of ether oxygens (including phenoxy) is 2. The summed E-state index contributed by atoms with van der Waals surface area (Å²) >= 11 is 0. The number of nitrogens with zero attached hydrogens (tertiary/aromatic N) is 1. The Balaban J connectivity index is 1.46. The summed E-state index contributed by atoms with van der Waals surface area (Å²) in [4.78, 5) is 38.7. The van der Waals surface area contributed by atoms with Crippen molar-refractivity contribution in [1.29, 1.82) is 0 Å². The molecule has 2 N–H and O–H groups in total. The maximum atomic E-state index is 12.9. The van der Waals surface area contributed by atoms with Crippen molar-refractivity contribution in [3.05, 3.63) is 53.6 Å². The Morgan fingerprint density at radius 3 is 2.52 bits per heavy atom.